The highest BCUT2D eigenvalue weighted by Gasteiger charge is 2.27. The number of aliphatic hydroxyl groups excluding tert-OH is 1. The predicted octanol–water partition coefficient (Wildman–Crippen LogP) is 3.94. The molecule has 0 aliphatic carbocycles. The number of Topliss-reactive ketones (excluding diaryl/α,β-unsaturated/α-hetero) is 1. The summed E-state index contributed by atoms with van der Waals surface area (Å²) in [6.45, 7) is 3.94. The van der Waals surface area contributed by atoms with Crippen LogP contribution >= 0.6 is 0 Å². The van der Waals surface area contributed by atoms with Gasteiger partial charge in [0, 0.05) is 5.56 Å². The van der Waals surface area contributed by atoms with Crippen molar-refractivity contribution >= 4 is 5.78 Å². The second-order valence-corrected chi connectivity index (χ2v) is 5.10. The summed E-state index contributed by atoms with van der Waals surface area (Å²) < 4.78 is 0. The number of carbonyl (C=O) groups is 1. The molecule has 2 aromatic rings. The van der Waals surface area contributed by atoms with Gasteiger partial charge in [-0.25, -0.2) is 0 Å². The maximum absolute atomic E-state index is 12.5. The Kier molecular flexibility index (Phi) is 4.70. The fourth-order valence-electron chi connectivity index (χ4n) is 2.36. The van der Waals surface area contributed by atoms with Gasteiger partial charge in [-0.2, -0.15) is 0 Å². The third-order valence-electron chi connectivity index (χ3n) is 3.63. The van der Waals surface area contributed by atoms with Crippen LogP contribution in [0.4, 0.5) is 0 Å². The molecule has 1 N–H and O–H groups in total. The first kappa shape index (κ1) is 14.5. The Hall–Kier alpha value is -1.93. The average molecular weight is 268 g/mol. The van der Waals surface area contributed by atoms with Crippen molar-refractivity contribution in [2.24, 2.45) is 5.92 Å². The summed E-state index contributed by atoms with van der Waals surface area (Å²) in [5, 5.41) is 10.5. The van der Waals surface area contributed by atoms with Crippen LogP contribution in [0.5, 0.6) is 0 Å². The Balaban J connectivity index is 2.23. The van der Waals surface area contributed by atoms with Crippen LogP contribution in [0.3, 0.4) is 0 Å². The number of carbonyl (C=O) groups excluding carboxylic acids is 1. The molecule has 0 amide bonds. The lowest BCUT2D eigenvalue weighted by atomic mass is 9.86. The van der Waals surface area contributed by atoms with Crippen molar-refractivity contribution in [2.45, 2.75) is 26.4 Å². The second kappa shape index (κ2) is 6.49. The summed E-state index contributed by atoms with van der Waals surface area (Å²) in [5.41, 5.74) is 2.60. The van der Waals surface area contributed by atoms with Gasteiger partial charge in [0.05, 0.1) is 12.0 Å². The molecule has 2 nitrogen and oxygen atoms in total. The normalized spacial score (nSPS) is 13.8. The molecule has 0 unspecified atom stereocenters. The van der Waals surface area contributed by atoms with E-state index in [4.69, 9.17) is 0 Å². The maximum atomic E-state index is 12.5. The van der Waals surface area contributed by atoms with E-state index in [0.717, 1.165) is 11.1 Å². The molecule has 0 aromatic heterocycles. The van der Waals surface area contributed by atoms with E-state index in [1.54, 1.807) is 12.1 Å². The van der Waals surface area contributed by atoms with Crippen LogP contribution in [0.25, 0.3) is 0 Å². The van der Waals surface area contributed by atoms with Crippen LogP contribution in [0.1, 0.15) is 40.9 Å². The quantitative estimate of drug-likeness (QED) is 0.834. The van der Waals surface area contributed by atoms with Gasteiger partial charge in [0.15, 0.2) is 5.78 Å². The van der Waals surface area contributed by atoms with Crippen molar-refractivity contribution in [3.8, 4) is 0 Å². The lowest BCUT2D eigenvalue weighted by Crippen LogP contribution is -2.22. The summed E-state index contributed by atoms with van der Waals surface area (Å²) in [6.07, 6.45) is -0.142. The van der Waals surface area contributed by atoms with Gasteiger partial charge in [0.25, 0.3) is 0 Å². The van der Waals surface area contributed by atoms with E-state index in [1.165, 1.54) is 0 Å². The lowest BCUT2D eigenvalue weighted by Gasteiger charge is -2.21. The molecule has 2 rings (SSSR count). The van der Waals surface area contributed by atoms with Crippen LogP contribution in [-0.2, 0) is 0 Å². The highest BCUT2D eigenvalue weighted by molar-refractivity contribution is 5.98. The molecule has 0 saturated heterocycles. The number of rotatable bonds is 5. The molecule has 0 aliphatic rings. The maximum Gasteiger partial charge on any atom is 0.168 e. The topological polar surface area (TPSA) is 37.3 Å². The molecular formula is C18H20O2. The van der Waals surface area contributed by atoms with E-state index in [9.17, 15) is 9.90 Å². The van der Waals surface area contributed by atoms with E-state index in [2.05, 4.69) is 0 Å². The molecular weight excluding hydrogens is 248 g/mol. The molecule has 2 atom stereocenters. The number of aliphatic hydroxyl groups is 1. The minimum absolute atomic E-state index is 0.00109. The number of benzene rings is 2. The summed E-state index contributed by atoms with van der Waals surface area (Å²) in [7, 11) is 0. The number of aryl methyl sites for hydroxylation is 1. The van der Waals surface area contributed by atoms with Gasteiger partial charge in [0.1, 0.15) is 0 Å². The minimum Gasteiger partial charge on any atom is -0.388 e. The van der Waals surface area contributed by atoms with E-state index in [-0.39, 0.29) is 5.78 Å². The smallest absolute Gasteiger partial charge is 0.168 e. The zero-order chi connectivity index (χ0) is 14.5. The SMILES string of the molecule is CC[C@H](C(=O)c1ccccc1)[C@H](O)c1ccc(C)cc1. The summed E-state index contributed by atoms with van der Waals surface area (Å²) in [4.78, 5) is 12.5. The largest absolute Gasteiger partial charge is 0.388 e. The number of hydrogen-bond donors (Lipinski definition) is 1. The van der Waals surface area contributed by atoms with Crippen LogP contribution in [-0.4, -0.2) is 10.9 Å². The Morgan fingerprint density at radius 3 is 2.20 bits per heavy atom. The summed E-state index contributed by atoms with van der Waals surface area (Å²) in [5.74, 6) is -0.402. The third-order valence-corrected chi connectivity index (χ3v) is 3.63. The highest BCUT2D eigenvalue weighted by atomic mass is 16.3. The van der Waals surface area contributed by atoms with E-state index < -0.39 is 12.0 Å². The van der Waals surface area contributed by atoms with Crippen molar-refractivity contribution in [1.29, 1.82) is 0 Å². The lowest BCUT2D eigenvalue weighted by molar-refractivity contribution is 0.0667. The average Bonchev–Trinajstić information content (AvgIpc) is 2.49. The van der Waals surface area contributed by atoms with Crippen LogP contribution in [0.15, 0.2) is 54.6 Å². The number of hydrogen-bond acceptors (Lipinski definition) is 2. The molecule has 20 heavy (non-hydrogen) atoms. The molecule has 0 saturated carbocycles. The van der Waals surface area contributed by atoms with Crippen molar-refractivity contribution in [2.75, 3.05) is 0 Å². The molecule has 0 heterocycles. The molecule has 104 valence electrons. The van der Waals surface area contributed by atoms with Gasteiger partial charge in [-0.15, -0.1) is 0 Å². The number of ketones is 1. The van der Waals surface area contributed by atoms with E-state index in [1.807, 2.05) is 56.3 Å². The van der Waals surface area contributed by atoms with Gasteiger partial charge >= 0.3 is 0 Å². The Morgan fingerprint density at radius 1 is 1.05 bits per heavy atom. The van der Waals surface area contributed by atoms with Gasteiger partial charge in [-0.1, -0.05) is 67.1 Å². The van der Waals surface area contributed by atoms with Gasteiger partial charge in [0.2, 0.25) is 0 Å². The zero-order valence-electron chi connectivity index (χ0n) is 11.9. The minimum atomic E-state index is -0.756. The molecule has 2 heteroatoms. The first-order valence-electron chi connectivity index (χ1n) is 6.97. The van der Waals surface area contributed by atoms with Crippen LogP contribution < -0.4 is 0 Å². The summed E-state index contributed by atoms with van der Waals surface area (Å²) >= 11 is 0. The Morgan fingerprint density at radius 2 is 1.65 bits per heavy atom. The molecule has 0 fully saturated rings. The van der Waals surface area contributed by atoms with Crippen molar-refractivity contribution < 1.29 is 9.90 Å². The van der Waals surface area contributed by atoms with E-state index >= 15 is 0 Å². The van der Waals surface area contributed by atoms with Crippen LogP contribution in [0, 0.1) is 12.8 Å². The monoisotopic (exact) mass is 268 g/mol. The molecule has 0 spiro atoms. The van der Waals surface area contributed by atoms with Crippen molar-refractivity contribution in [1.82, 2.24) is 0 Å². The van der Waals surface area contributed by atoms with E-state index in [0.29, 0.717) is 12.0 Å². The van der Waals surface area contributed by atoms with Gasteiger partial charge < -0.3 is 5.11 Å². The van der Waals surface area contributed by atoms with Crippen LogP contribution in [0.2, 0.25) is 0 Å². The van der Waals surface area contributed by atoms with Gasteiger partial charge in [-0.3, -0.25) is 4.79 Å². The first-order valence-corrected chi connectivity index (χ1v) is 6.97. The Bertz CT molecular complexity index is 558. The Labute approximate surface area is 120 Å². The molecule has 0 bridgehead atoms. The first-order chi connectivity index (χ1) is 9.63. The molecule has 2 aromatic carbocycles. The highest BCUT2D eigenvalue weighted by Crippen LogP contribution is 2.28. The van der Waals surface area contributed by atoms with Crippen molar-refractivity contribution in [3.05, 3.63) is 71.3 Å². The van der Waals surface area contributed by atoms with Gasteiger partial charge in [-0.05, 0) is 18.9 Å². The third kappa shape index (κ3) is 3.14. The van der Waals surface area contributed by atoms with Crippen molar-refractivity contribution in [3.63, 3.8) is 0 Å². The molecule has 0 radical (unpaired) electrons. The second-order valence-electron chi connectivity index (χ2n) is 5.10. The predicted molar refractivity (Wildman–Crippen MR) is 80.7 cm³/mol. The fraction of sp³-hybridized carbons (Fsp3) is 0.278. The zero-order valence-corrected chi connectivity index (χ0v) is 11.9. The standard InChI is InChI=1S/C18H20O2/c1-3-16(17(19)14-7-5-4-6-8-14)18(20)15-11-9-13(2)10-12-15/h4-12,16,18,20H,3H2,1-2H3/t16-,18-/m1/s1. The fourth-order valence-corrected chi connectivity index (χ4v) is 2.36. The molecule has 0 aliphatic heterocycles. The summed E-state index contributed by atoms with van der Waals surface area (Å²) in [6, 6.07) is 16.9.